The monoisotopic (exact) mass is 224 g/mol. The van der Waals surface area contributed by atoms with Gasteiger partial charge in [0.1, 0.15) is 5.78 Å². The third-order valence-corrected chi connectivity index (χ3v) is 2.79. The largest absolute Gasteiger partial charge is 0.300 e. The second-order valence-corrected chi connectivity index (χ2v) is 4.62. The molecule has 0 fully saturated rings. The van der Waals surface area contributed by atoms with Crippen molar-refractivity contribution in [2.45, 2.75) is 78.1 Å². The topological polar surface area (TPSA) is 17.1 Å². The maximum absolute atomic E-state index is 10.7. The number of rotatable bonds is 11. The Bertz CT molecular complexity index is 182. The number of allylic oxidation sites excluding steroid dienone is 2. The van der Waals surface area contributed by atoms with Crippen LogP contribution in [-0.4, -0.2) is 5.78 Å². The van der Waals surface area contributed by atoms with Gasteiger partial charge in [-0.3, -0.25) is 0 Å². The maximum Gasteiger partial charge on any atom is 0.129 e. The lowest BCUT2D eigenvalue weighted by Crippen LogP contribution is -1.89. The van der Waals surface area contributed by atoms with Crippen molar-refractivity contribution in [3.05, 3.63) is 12.2 Å². The first-order valence-corrected chi connectivity index (χ1v) is 6.91. The molecule has 0 atom stereocenters. The molecular formula is C15H28O. The summed E-state index contributed by atoms with van der Waals surface area (Å²) in [7, 11) is 0. The molecule has 0 aliphatic carbocycles. The Hall–Kier alpha value is -0.590. The van der Waals surface area contributed by atoms with E-state index in [1.807, 2.05) is 0 Å². The van der Waals surface area contributed by atoms with E-state index in [0.717, 1.165) is 12.8 Å². The highest BCUT2D eigenvalue weighted by Gasteiger charge is 1.93. The summed E-state index contributed by atoms with van der Waals surface area (Å²) in [6, 6.07) is 0. The Labute approximate surface area is 101 Å². The zero-order chi connectivity index (χ0) is 12.1. The molecule has 0 saturated carbocycles. The fourth-order valence-corrected chi connectivity index (χ4v) is 1.72. The molecule has 0 unspecified atom stereocenters. The number of ketones is 1. The van der Waals surface area contributed by atoms with Crippen molar-refractivity contribution in [3.8, 4) is 0 Å². The average Bonchev–Trinajstić information content (AvgIpc) is 2.25. The summed E-state index contributed by atoms with van der Waals surface area (Å²) in [6.45, 7) is 3.91. The number of hydrogen-bond donors (Lipinski definition) is 0. The number of Topliss-reactive ketones (excluding diaryl/α,β-unsaturated/α-hetero) is 1. The molecule has 16 heavy (non-hydrogen) atoms. The van der Waals surface area contributed by atoms with Crippen molar-refractivity contribution in [1.29, 1.82) is 0 Å². The minimum Gasteiger partial charge on any atom is -0.300 e. The molecule has 0 bridgehead atoms. The third kappa shape index (κ3) is 13.4. The first-order valence-electron chi connectivity index (χ1n) is 6.91. The van der Waals surface area contributed by atoms with Crippen molar-refractivity contribution in [2.75, 3.05) is 0 Å². The van der Waals surface area contributed by atoms with E-state index in [-0.39, 0.29) is 0 Å². The van der Waals surface area contributed by atoms with Gasteiger partial charge >= 0.3 is 0 Å². The summed E-state index contributed by atoms with van der Waals surface area (Å²) < 4.78 is 0. The van der Waals surface area contributed by atoms with E-state index in [1.54, 1.807) is 6.92 Å². The van der Waals surface area contributed by atoms with E-state index in [1.165, 1.54) is 51.4 Å². The van der Waals surface area contributed by atoms with Crippen molar-refractivity contribution >= 4 is 5.78 Å². The molecule has 0 spiro atoms. The maximum atomic E-state index is 10.7. The van der Waals surface area contributed by atoms with Gasteiger partial charge in [-0.1, -0.05) is 51.2 Å². The molecule has 0 aliphatic heterocycles. The second-order valence-electron chi connectivity index (χ2n) is 4.62. The Kier molecular flexibility index (Phi) is 12.0. The van der Waals surface area contributed by atoms with Gasteiger partial charge in [-0.05, 0) is 32.6 Å². The van der Waals surface area contributed by atoms with Crippen LogP contribution in [0.5, 0.6) is 0 Å². The Morgan fingerprint density at radius 2 is 1.44 bits per heavy atom. The molecule has 0 rings (SSSR count). The summed E-state index contributed by atoms with van der Waals surface area (Å²) in [5.74, 6) is 0.332. The van der Waals surface area contributed by atoms with E-state index in [2.05, 4.69) is 19.1 Å². The number of carbonyl (C=O) groups excluding carboxylic acids is 1. The van der Waals surface area contributed by atoms with Crippen LogP contribution in [0, 0.1) is 0 Å². The SMILES string of the molecule is CCCC/C=C\CCCCCCCC(C)=O. The molecule has 94 valence electrons. The van der Waals surface area contributed by atoms with Crippen LogP contribution >= 0.6 is 0 Å². The van der Waals surface area contributed by atoms with Crippen LogP contribution in [0.1, 0.15) is 78.1 Å². The first kappa shape index (κ1) is 15.4. The van der Waals surface area contributed by atoms with E-state index in [9.17, 15) is 4.79 Å². The standard InChI is InChI=1S/C15H28O/c1-3-4-5-6-7-8-9-10-11-12-13-14-15(2)16/h6-7H,3-5,8-14H2,1-2H3/b7-6-. The zero-order valence-electron chi connectivity index (χ0n) is 11.1. The van der Waals surface area contributed by atoms with Crippen molar-refractivity contribution in [1.82, 2.24) is 0 Å². The Morgan fingerprint density at radius 1 is 0.875 bits per heavy atom. The van der Waals surface area contributed by atoms with Crippen LogP contribution in [0.4, 0.5) is 0 Å². The van der Waals surface area contributed by atoms with Crippen molar-refractivity contribution in [2.24, 2.45) is 0 Å². The lowest BCUT2D eigenvalue weighted by Gasteiger charge is -1.98. The molecule has 0 aromatic carbocycles. The van der Waals surface area contributed by atoms with Crippen LogP contribution in [0.3, 0.4) is 0 Å². The van der Waals surface area contributed by atoms with Gasteiger partial charge in [0.05, 0.1) is 0 Å². The van der Waals surface area contributed by atoms with E-state index in [0.29, 0.717) is 5.78 Å². The number of hydrogen-bond acceptors (Lipinski definition) is 1. The predicted octanol–water partition coefficient (Wildman–Crippen LogP) is 5.05. The van der Waals surface area contributed by atoms with Crippen LogP contribution in [0.15, 0.2) is 12.2 Å². The molecule has 0 aromatic heterocycles. The molecule has 0 amide bonds. The summed E-state index contributed by atoms with van der Waals surface area (Å²) >= 11 is 0. The fraction of sp³-hybridized carbons (Fsp3) is 0.800. The fourth-order valence-electron chi connectivity index (χ4n) is 1.72. The minimum absolute atomic E-state index is 0.332. The van der Waals surface area contributed by atoms with Crippen LogP contribution in [-0.2, 0) is 4.79 Å². The molecule has 1 nitrogen and oxygen atoms in total. The number of carbonyl (C=O) groups is 1. The quantitative estimate of drug-likeness (QED) is 0.354. The van der Waals surface area contributed by atoms with Crippen LogP contribution < -0.4 is 0 Å². The molecular weight excluding hydrogens is 196 g/mol. The summed E-state index contributed by atoms with van der Waals surface area (Å²) in [5, 5.41) is 0. The average molecular weight is 224 g/mol. The lowest BCUT2D eigenvalue weighted by atomic mass is 10.1. The van der Waals surface area contributed by atoms with Gasteiger partial charge in [0.25, 0.3) is 0 Å². The summed E-state index contributed by atoms with van der Waals surface area (Å²) in [5.41, 5.74) is 0. The van der Waals surface area contributed by atoms with E-state index >= 15 is 0 Å². The first-order chi connectivity index (χ1) is 7.77. The number of unbranched alkanes of at least 4 members (excludes halogenated alkanes) is 7. The Morgan fingerprint density at radius 3 is 2.06 bits per heavy atom. The molecule has 1 heteroatoms. The van der Waals surface area contributed by atoms with Gasteiger partial charge in [0.15, 0.2) is 0 Å². The van der Waals surface area contributed by atoms with Crippen LogP contribution in [0.2, 0.25) is 0 Å². The summed E-state index contributed by atoms with van der Waals surface area (Å²) in [4.78, 5) is 10.7. The molecule has 0 aliphatic rings. The minimum atomic E-state index is 0.332. The summed E-state index contributed by atoms with van der Waals surface area (Å²) in [6.07, 6.45) is 16.7. The molecule has 0 heterocycles. The normalized spacial score (nSPS) is 11.1. The van der Waals surface area contributed by atoms with Crippen LogP contribution in [0.25, 0.3) is 0 Å². The third-order valence-electron chi connectivity index (χ3n) is 2.79. The highest BCUT2D eigenvalue weighted by atomic mass is 16.1. The van der Waals surface area contributed by atoms with E-state index < -0.39 is 0 Å². The van der Waals surface area contributed by atoms with Gasteiger partial charge in [-0.15, -0.1) is 0 Å². The molecule has 0 saturated heterocycles. The molecule has 0 aromatic rings. The van der Waals surface area contributed by atoms with Gasteiger partial charge in [-0.25, -0.2) is 0 Å². The van der Waals surface area contributed by atoms with Gasteiger partial charge < -0.3 is 4.79 Å². The lowest BCUT2D eigenvalue weighted by molar-refractivity contribution is -0.117. The van der Waals surface area contributed by atoms with Gasteiger partial charge in [-0.2, -0.15) is 0 Å². The zero-order valence-corrected chi connectivity index (χ0v) is 11.1. The Balaban J connectivity index is 3.03. The van der Waals surface area contributed by atoms with E-state index in [4.69, 9.17) is 0 Å². The second kappa shape index (κ2) is 12.5. The van der Waals surface area contributed by atoms with Crippen molar-refractivity contribution in [3.63, 3.8) is 0 Å². The highest BCUT2D eigenvalue weighted by molar-refractivity contribution is 5.75. The van der Waals surface area contributed by atoms with Crippen molar-refractivity contribution < 1.29 is 4.79 Å². The van der Waals surface area contributed by atoms with Gasteiger partial charge in [0.2, 0.25) is 0 Å². The molecule has 0 N–H and O–H groups in total. The van der Waals surface area contributed by atoms with Gasteiger partial charge in [0, 0.05) is 6.42 Å². The highest BCUT2D eigenvalue weighted by Crippen LogP contribution is 2.08. The smallest absolute Gasteiger partial charge is 0.129 e. The molecule has 0 radical (unpaired) electrons. The predicted molar refractivity (Wildman–Crippen MR) is 71.7 cm³/mol.